The van der Waals surface area contributed by atoms with Crippen molar-refractivity contribution in [2.24, 2.45) is 0 Å². The molecule has 164 valence electrons. The van der Waals surface area contributed by atoms with Crippen LogP contribution in [0.2, 0.25) is 5.02 Å². The van der Waals surface area contributed by atoms with E-state index >= 15 is 0 Å². The van der Waals surface area contributed by atoms with Crippen molar-refractivity contribution in [3.63, 3.8) is 0 Å². The van der Waals surface area contributed by atoms with Crippen LogP contribution < -0.4 is 14.4 Å². The number of halogens is 1. The van der Waals surface area contributed by atoms with Crippen LogP contribution >= 0.6 is 22.9 Å². The summed E-state index contributed by atoms with van der Waals surface area (Å²) >= 11 is 7.30. The molecule has 0 saturated carbocycles. The van der Waals surface area contributed by atoms with Gasteiger partial charge in [-0.3, -0.25) is 9.10 Å². The van der Waals surface area contributed by atoms with Gasteiger partial charge in [0.1, 0.15) is 5.75 Å². The van der Waals surface area contributed by atoms with E-state index in [9.17, 15) is 13.2 Å². The Kier molecular flexibility index (Phi) is 6.10. The molecule has 3 aromatic carbocycles. The van der Waals surface area contributed by atoms with Crippen molar-refractivity contribution in [1.82, 2.24) is 0 Å². The SMILES string of the molecule is COc1ccc(S(=O)(=O)N(C)c2ccc3sc(C(=O)Nc4cccc(Cl)c4)cc3c2)cc1. The van der Waals surface area contributed by atoms with Crippen LogP contribution in [0.5, 0.6) is 5.75 Å². The van der Waals surface area contributed by atoms with Gasteiger partial charge in [0.2, 0.25) is 0 Å². The van der Waals surface area contributed by atoms with Gasteiger partial charge < -0.3 is 10.1 Å². The monoisotopic (exact) mass is 486 g/mol. The Hall–Kier alpha value is -3.07. The first kappa shape index (κ1) is 22.1. The van der Waals surface area contributed by atoms with Crippen LogP contribution in [0.1, 0.15) is 9.67 Å². The second-order valence-electron chi connectivity index (χ2n) is 6.95. The lowest BCUT2D eigenvalue weighted by atomic mass is 10.2. The van der Waals surface area contributed by atoms with Gasteiger partial charge in [0.25, 0.3) is 15.9 Å². The summed E-state index contributed by atoms with van der Waals surface area (Å²) in [6, 6.07) is 20.2. The van der Waals surface area contributed by atoms with E-state index in [1.165, 1.54) is 41.9 Å². The van der Waals surface area contributed by atoms with Crippen molar-refractivity contribution in [1.29, 1.82) is 0 Å². The van der Waals surface area contributed by atoms with Crippen molar-refractivity contribution >= 4 is 60.3 Å². The number of rotatable bonds is 6. The molecule has 0 atom stereocenters. The summed E-state index contributed by atoms with van der Waals surface area (Å²) in [6.07, 6.45) is 0. The number of sulfonamides is 1. The van der Waals surface area contributed by atoms with Gasteiger partial charge in [-0.1, -0.05) is 17.7 Å². The molecule has 0 saturated heterocycles. The predicted octanol–water partition coefficient (Wildman–Crippen LogP) is 5.64. The highest BCUT2D eigenvalue weighted by atomic mass is 35.5. The van der Waals surface area contributed by atoms with Gasteiger partial charge >= 0.3 is 0 Å². The molecular weight excluding hydrogens is 468 g/mol. The highest BCUT2D eigenvalue weighted by Crippen LogP contribution is 2.32. The van der Waals surface area contributed by atoms with Crippen molar-refractivity contribution < 1.29 is 17.9 Å². The molecule has 0 fully saturated rings. The van der Waals surface area contributed by atoms with E-state index in [-0.39, 0.29) is 10.8 Å². The van der Waals surface area contributed by atoms with E-state index in [0.717, 1.165) is 10.1 Å². The van der Waals surface area contributed by atoms with Gasteiger partial charge in [-0.15, -0.1) is 11.3 Å². The fraction of sp³-hybridized carbons (Fsp3) is 0.0870. The first-order valence-electron chi connectivity index (χ1n) is 9.51. The third-order valence-electron chi connectivity index (χ3n) is 4.89. The van der Waals surface area contributed by atoms with Crippen LogP contribution in [0.25, 0.3) is 10.1 Å². The van der Waals surface area contributed by atoms with Crippen molar-refractivity contribution in [3.05, 3.63) is 82.7 Å². The summed E-state index contributed by atoms with van der Waals surface area (Å²) in [4.78, 5) is 13.3. The number of hydrogen-bond acceptors (Lipinski definition) is 5. The van der Waals surface area contributed by atoms with E-state index in [4.69, 9.17) is 16.3 Å². The molecule has 32 heavy (non-hydrogen) atoms. The minimum atomic E-state index is -3.75. The molecule has 9 heteroatoms. The molecule has 1 aromatic heterocycles. The molecule has 0 radical (unpaired) electrons. The zero-order valence-electron chi connectivity index (χ0n) is 17.2. The molecule has 6 nitrogen and oxygen atoms in total. The summed E-state index contributed by atoms with van der Waals surface area (Å²) < 4.78 is 33.2. The molecule has 1 N–H and O–H groups in total. The van der Waals surface area contributed by atoms with Crippen molar-refractivity contribution in [2.45, 2.75) is 4.90 Å². The number of ether oxygens (including phenoxy) is 1. The van der Waals surface area contributed by atoms with Crippen LogP contribution in [-0.4, -0.2) is 28.5 Å². The number of methoxy groups -OCH3 is 1. The molecule has 1 amide bonds. The topological polar surface area (TPSA) is 75.7 Å². The summed E-state index contributed by atoms with van der Waals surface area (Å²) in [7, 11) is -0.728. The molecule has 0 aliphatic rings. The molecule has 0 aliphatic carbocycles. The molecule has 4 rings (SSSR count). The Labute approximate surface area is 195 Å². The highest BCUT2D eigenvalue weighted by Gasteiger charge is 2.22. The van der Waals surface area contributed by atoms with Gasteiger partial charge in [-0.25, -0.2) is 8.42 Å². The van der Waals surface area contributed by atoms with Crippen LogP contribution in [0.4, 0.5) is 11.4 Å². The summed E-state index contributed by atoms with van der Waals surface area (Å²) in [6.45, 7) is 0. The number of benzene rings is 3. The minimum Gasteiger partial charge on any atom is -0.497 e. The Balaban J connectivity index is 1.59. The standard InChI is InChI=1S/C23H19ClN2O4S2/c1-26(32(28,29)20-9-7-19(30-2)8-10-20)18-6-11-21-15(12-18)13-22(31-21)23(27)25-17-5-3-4-16(24)14-17/h3-14H,1-2H3,(H,25,27). The Morgan fingerprint density at radius 1 is 1.03 bits per heavy atom. The predicted molar refractivity (Wildman–Crippen MR) is 130 cm³/mol. The molecule has 1 heterocycles. The molecule has 0 unspecified atom stereocenters. The fourth-order valence-electron chi connectivity index (χ4n) is 3.14. The normalized spacial score (nSPS) is 11.3. The zero-order valence-corrected chi connectivity index (χ0v) is 19.6. The van der Waals surface area contributed by atoms with Crippen LogP contribution in [-0.2, 0) is 10.0 Å². The summed E-state index contributed by atoms with van der Waals surface area (Å²) in [5.41, 5.74) is 1.10. The van der Waals surface area contributed by atoms with Gasteiger partial charge in [0, 0.05) is 22.5 Å². The summed E-state index contributed by atoms with van der Waals surface area (Å²) in [5, 5.41) is 4.13. The second-order valence-corrected chi connectivity index (χ2v) is 10.4. The lowest BCUT2D eigenvalue weighted by Gasteiger charge is -2.19. The van der Waals surface area contributed by atoms with E-state index in [1.807, 2.05) is 6.07 Å². The van der Waals surface area contributed by atoms with E-state index in [2.05, 4.69) is 5.32 Å². The Morgan fingerprint density at radius 2 is 1.78 bits per heavy atom. The number of hydrogen-bond donors (Lipinski definition) is 1. The van der Waals surface area contributed by atoms with E-state index in [1.54, 1.807) is 54.6 Å². The number of anilines is 2. The number of carbonyl (C=O) groups is 1. The lowest BCUT2D eigenvalue weighted by Crippen LogP contribution is -2.26. The fourth-order valence-corrected chi connectivity index (χ4v) is 5.46. The average Bonchev–Trinajstić information content (AvgIpc) is 3.22. The Morgan fingerprint density at radius 3 is 2.47 bits per heavy atom. The maximum Gasteiger partial charge on any atom is 0.265 e. The van der Waals surface area contributed by atoms with Gasteiger partial charge in [0.05, 0.1) is 22.6 Å². The van der Waals surface area contributed by atoms with Crippen LogP contribution in [0, 0.1) is 0 Å². The van der Waals surface area contributed by atoms with Crippen molar-refractivity contribution in [3.8, 4) is 5.75 Å². The number of carbonyl (C=O) groups excluding carboxylic acids is 1. The van der Waals surface area contributed by atoms with E-state index in [0.29, 0.717) is 27.0 Å². The smallest absolute Gasteiger partial charge is 0.265 e. The number of nitrogens with zero attached hydrogens (tertiary/aromatic N) is 1. The maximum absolute atomic E-state index is 13.0. The lowest BCUT2D eigenvalue weighted by molar-refractivity contribution is 0.103. The maximum atomic E-state index is 13.0. The quantitative estimate of drug-likeness (QED) is 0.382. The van der Waals surface area contributed by atoms with Crippen LogP contribution in [0.15, 0.2) is 77.7 Å². The number of fused-ring (bicyclic) bond motifs is 1. The first-order valence-corrected chi connectivity index (χ1v) is 12.1. The number of thiophene rings is 1. The third kappa shape index (κ3) is 4.43. The van der Waals surface area contributed by atoms with Crippen LogP contribution in [0.3, 0.4) is 0 Å². The van der Waals surface area contributed by atoms with Gasteiger partial charge in [0.15, 0.2) is 0 Å². The highest BCUT2D eigenvalue weighted by molar-refractivity contribution is 7.92. The molecular formula is C23H19ClN2O4S2. The number of amides is 1. The molecule has 0 spiro atoms. The van der Waals surface area contributed by atoms with Gasteiger partial charge in [-0.05, 0) is 72.1 Å². The first-order chi connectivity index (χ1) is 15.3. The zero-order chi connectivity index (χ0) is 22.9. The Bertz CT molecular complexity index is 1400. The molecule has 4 aromatic rings. The molecule has 0 bridgehead atoms. The molecule has 0 aliphatic heterocycles. The third-order valence-corrected chi connectivity index (χ3v) is 8.04. The average molecular weight is 487 g/mol. The van der Waals surface area contributed by atoms with Crippen molar-refractivity contribution in [2.75, 3.05) is 23.8 Å². The van der Waals surface area contributed by atoms with E-state index < -0.39 is 10.0 Å². The number of nitrogens with one attached hydrogen (secondary N) is 1. The van der Waals surface area contributed by atoms with Gasteiger partial charge in [-0.2, -0.15) is 0 Å². The second kappa shape index (κ2) is 8.82. The largest absolute Gasteiger partial charge is 0.497 e. The minimum absolute atomic E-state index is 0.160. The summed E-state index contributed by atoms with van der Waals surface area (Å²) in [5.74, 6) is 0.323.